The van der Waals surface area contributed by atoms with Gasteiger partial charge in [-0.15, -0.1) is 0 Å². The average molecular weight is 622 g/mol. The number of phenolic OH excluding ortho intramolecular Hbond substituents is 1. The molecule has 1 aliphatic rings. The highest BCUT2D eigenvalue weighted by molar-refractivity contribution is 7.86. The number of phenols is 1. The largest absolute Gasteiger partial charge is 0.507 e. The molecule has 1 unspecified atom stereocenters. The Hall–Kier alpha value is -6.01. The molecule has 2 amide bonds. The number of nitrogens with two attached hydrogens (primary N) is 2. The predicted molar refractivity (Wildman–Crippen MR) is 171 cm³/mol. The van der Waals surface area contributed by atoms with E-state index < -0.39 is 28.8 Å². The zero-order chi connectivity index (χ0) is 31.9. The van der Waals surface area contributed by atoms with Gasteiger partial charge in [-0.3, -0.25) is 14.3 Å². The fourth-order valence-electron chi connectivity index (χ4n) is 4.32. The second-order valence-electron chi connectivity index (χ2n) is 9.67. The monoisotopic (exact) mass is 621 g/mol. The van der Waals surface area contributed by atoms with Crippen molar-refractivity contribution in [1.82, 2.24) is 4.98 Å². The number of anilines is 4. The number of esters is 1. The predicted octanol–water partition coefficient (Wildman–Crippen LogP) is 4.93. The van der Waals surface area contributed by atoms with Crippen LogP contribution in [0.5, 0.6) is 5.75 Å². The summed E-state index contributed by atoms with van der Waals surface area (Å²) < 4.78 is 19.9. The van der Waals surface area contributed by atoms with E-state index in [0.717, 1.165) is 4.90 Å². The van der Waals surface area contributed by atoms with E-state index in [0.29, 0.717) is 44.5 Å². The number of pyridine rings is 1. The first-order valence-electron chi connectivity index (χ1n) is 13.5. The second kappa shape index (κ2) is 13.5. The molecule has 6 N–H and O–H groups in total. The number of ether oxygens (including phenoxy) is 1. The number of nitrogens with one attached hydrogen (secondary N) is 1. The lowest BCUT2D eigenvalue weighted by molar-refractivity contribution is 0.0469. The van der Waals surface area contributed by atoms with Gasteiger partial charge < -0.3 is 21.3 Å². The molecule has 0 saturated heterocycles. The topological polar surface area (TPSA) is 178 Å². The molecule has 2 heterocycles. The Morgan fingerprint density at radius 2 is 1.49 bits per heavy atom. The van der Waals surface area contributed by atoms with Gasteiger partial charge in [0.25, 0.3) is 11.8 Å². The Kier molecular flexibility index (Phi) is 9.15. The molecule has 226 valence electrons. The summed E-state index contributed by atoms with van der Waals surface area (Å²) in [6.07, 6.45) is 1.64. The van der Waals surface area contributed by atoms with Crippen molar-refractivity contribution in [3.05, 3.63) is 138 Å². The highest BCUT2D eigenvalue weighted by atomic mass is 32.2. The van der Waals surface area contributed by atoms with Crippen molar-refractivity contribution in [1.29, 1.82) is 0 Å². The Morgan fingerprint density at radius 1 is 0.822 bits per heavy atom. The van der Waals surface area contributed by atoms with Crippen molar-refractivity contribution in [2.45, 2.75) is 11.5 Å². The summed E-state index contributed by atoms with van der Waals surface area (Å²) >= 11 is 0. The lowest BCUT2D eigenvalue weighted by atomic mass is 10.1. The zero-order valence-electron chi connectivity index (χ0n) is 23.6. The van der Waals surface area contributed by atoms with Crippen LogP contribution in [-0.2, 0) is 22.3 Å². The van der Waals surface area contributed by atoms with Crippen LogP contribution in [0.2, 0.25) is 0 Å². The maximum Gasteiger partial charge on any atom is 0.342 e. The van der Waals surface area contributed by atoms with E-state index >= 15 is 0 Å². The lowest BCUT2D eigenvalue weighted by Crippen LogP contribution is -2.29. The minimum Gasteiger partial charge on any atom is -0.507 e. The summed E-state index contributed by atoms with van der Waals surface area (Å²) in [5.41, 5.74) is 13.8. The van der Waals surface area contributed by atoms with Crippen molar-refractivity contribution in [2.75, 3.05) is 21.1 Å². The third-order valence-corrected chi connectivity index (χ3v) is 7.62. The normalized spacial score (nSPS) is 12.5. The molecule has 1 aromatic heterocycles. The number of nitrogens with zero attached hydrogens (tertiary/aromatic N) is 2. The lowest BCUT2D eigenvalue weighted by Gasteiger charge is -2.15. The van der Waals surface area contributed by atoms with Crippen LogP contribution in [0.3, 0.4) is 0 Å². The van der Waals surface area contributed by atoms with Gasteiger partial charge >= 0.3 is 5.97 Å². The van der Waals surface area contributed by atoms with Crippen LogP contribution in [-0.4, -0.2) is 32.1 Å². The molecule has 0 saturated carbocycles. The standard InChI is InChI=1S/C22H16N2O5.C11H11N3OS/c23-14-8-9-19(25)18(11-14)22(28)29-12-13-4-3-5-15(10-13)24-20(26)16-6-1-2-7-17(16)21(24)27;12-9-4-6-10(7-5-9)16(15)14-11-3-1-2-8-13-11/h1-11,25H,12,23H2;1-8H,12H2,(H,13,14). The molecule has 0 aliphatic carbocycles. The van der Waals surface area contributed by atoms with E-state index in [1.165, 1.54) is 18.2 Å². The van der Waals surface area contributed by atoms with Gasteiger partial charge in [0.05, 0.1) is 21.7 Å². The van der Waals surface area contributed by atoms with E-state index in [4.69, 9.17) is 16.2 Å². The maximum atomic E-state index is 12.6. The highest BCUT2D eigenvalue weighted by Crippen LogP contribution is 2.29. The Morgan fingerprint density at radius 3 is 2.16 bits per heavy atom. The third-order valence-electron chi connectivity index (χ3n) is 6.53. The van der Waals surface area contributed by atoms with Gasteiger partial charge in [-0.05, 0) is 84.4 Å². The molecule has 1 atom stereocenters. The van der Waals surface area contributed by atoms with Crippen LogP contribution in [0.4, 0.5) is 22.9 Å². The fraction of sp³-hybridized carbons (Fsp3) is 0.0303. The first kappa shape index (κ1) is 30.4. The molecule has 0 bridgehead atoms. The van der Waals surface area contributed by atoms with Crippen molar-refractivity contribution in [3.63, 3.8) is 0 Å². The van der Waals surface area contributed by atoms with Gasteiger partial charge in [0, 0.05) is 17.6 Å². The van der Waals surface area contributed by atoms with Crippen molar-refractivity contribution < 1.29 is 28.4 Å². The summed E-state index contributed by atoms with van der Waals surface area (Å²) in [4.78, 5) is 43.3. The molecule has 0 radical (unpaired) electrons. The van der Waals surface area contributed by atoms with Crippen LogP contribution in [0.1, 0.15) is 36.6 Å². The summed E-state index contributed by atoms with van der Waals surface area (Å²) in [5.74, 6) is -1.18. The van der Waals surface area contributed by atoms with Gasteiger partial charge in [0.15, 0.2) is 11.0 Å². The van der Waals surface area contributed by atoms with Crippen LogP contribution in [0.25, 0.3) is 0 Å². The number of amides is 2. The first-order chi connectivity index (χ1) is 21.7. The number of carbonyl (C=O) groups excluding carboxylic acids is 3. The minimum atomic E-state index is -1.31. The SMILES string of the molecule is Nc1ccc(O)c(C(=O)OCc2cccc(N3C(=O)c4ccccc4C3=O)c2)c1.Nc1ccc(S(=O)Nc2ccccn2)cc1. The summed E-state index contributed by atoms with van der Waals surface area (Å²) in [7, 11) is -1.31. The molecule has 6 rings (SSSR count). The number of aromatic nitrogens is 1. The molecule has 0 fully saturated rings. The maximum absolute atomic E-state index is 12.6. The van der Waals surface area contributed by atoms with Crippen LogP contribution < -0.4 is 21.1 Å². The highest BCUT2D eigenvalue weighted by Gasteiger charge is 2.36. The fourth-order valence-corrected chi connectivity index (χ4v) is 5.13. The second-order valence-corrected chi connectivity index (χ2v) is 10.9. The average Bonchev–Trinajstić information content (AvgIpc) is 3.31. The smallest absolute Gasteiger partial charge is 0.342 e. The molecule has 45 heavy (non-hydrogen) atoms. The number of carbonyl (C=O) groups is 3. The van der Waals surface area contributed by atoms with Crippen molar-refractivity contribution >= 4 is 51.6 Å². The summed E-state index contributed by atoms with van der Waals surface area (Å²) in [6.45, 7) is -0.107. The molecule has 0 spiro atoms. The number of hydrogen-bond acceptors (Lipinski definition) is 9. The van der Waals surface area contributed by atoms with Gasteiger partial charge in [-0.1, -0.05) is 30.3 Å². The van der Waals surface area contributed by atoms with E-state index in [1.807, 2.05) is 6.07 Å². The van der Waals surface area contributed by atoms with Gasteiger partial charge in [0.1, 0.15) is 23.7 Å². The van der Waals surface area contributed by atoms with Crippen LogP contribution >= 0.6 is 0 Å². The molecule has 12 heteroatoms. The van der Waals surface area contributed by atoms with Crippen LogP contribution in [0, 0.1) is 0 Å². The molecule has 4 aromatic carbocycles. The molecule has 5 aromatic rings. The Labute approximate surface area is 260 Å². The summed E-state index contributed by atoms with van der Waals surface area (Å²) in [5, 5.41) is 9.80. The van der Waals surface area contributed by atoms with Gasteiger partial charge in [-0.25, -0.2) is 18.9 Å². The quantitative estimate of drug-likeness (QED) is 0.0849. The van der Waals surface area contributed by atoms with Crippen molar-refractivity contribution in [3.8, 4) is 5.75 Å². The molecule has 1 aliphatic heterocycles. The molecular formula is C33H27N5O6S. The van der Waals surface area contributed by atoms with Gasteiger partial charge in [-0.2, -0.15) is 0 Å². The van der Waals surface area contributed by atoms with E-state index in [9.17, 15) is 23.7 Å². The van der Waals surface area contributed by atoms with E-state index in [-0.39, 0.29) is 17.9 Å². The van der Waals surface area contributed by atoms with Crippen molar-refractivity contribution in [2.24, 2.45) is 0 Å². The number of hydrogen-bond donors (Lipinski definition) is 4. The number of rotatable bonds is 7. The van der Waals surface area contributed by atoms with Gasteiger partial charge in [0.2, 0.25) is 0 Å². The molecular weight excluding hydrogens is 594 g/mol. The zero-order valence-corrected chi connectivity index (χ0v) is 24.4. The minimum absolute atomic E-state index is 0.0403. The Balaban J connectivity index is 0.000000211. The number of aromatic hydroxyl groups is 1. The summed E-state index contributed by atoms with van der Waals surface area (Å²) in [6, 6.07) is 29.6. The van der Waals surface area contributed by atoms with Crippen LogP contribution in [0.15, 0.2) is 120 Å². The first-order valence-corrected chi connectivity index (χ1v) is 14.6. The van der Waals surface area contributed by atoms with E-state index in [2.05, 4.69) is 9.71 Å². The number of nitrogen functional groups attached to an aromatic ring is 2. The number of benzene rings is 4. The number of fused-ring (bicyclic) bond motifs is 1. The number of imide groups is 1. The van der Waals surface area contributed by atoms with E-state index in [1.54, 1.807) is 91.1 Å². The third kappa shape index (κ3) is 7.14. The Bertz CT molecular complexity index is 1870. The molecule has 11 nitrogen and oxygen atoms in total.